The number of ether oxygens (including phenoxy) is 1. The molecule has 2 aliphatic heterocycles. The lowest BCUT2D eigenvalue weighted by atomic mass is 9.95. The molecule has 6 rings (SSSR count). The van der Waals surface area contributed by atoms with Gasteiger partial charge in [0.25, 0.3) is 11.5 Å². The molecule has 7 atom stereocenters. The zero-order chi connectivity index (χ0) is 26.2. The Labute approximate surface area is 217 Å². The summed E-state index contributed by atoms with van der Waals surface area (Å²) in [6.07, 6.45) is 0.662. The Bertz CT molecular complexity index is 1300. The SMILES string of the molecule is Cc1c(C(C)F)cccc1[C@@H](C)NC(=O)c1cn([C@]23COCC2[C@H]3C)c(=O)cc1NC1C2CN(C)CC21. The highest BCUT2D eigenvalue weighted by Crippen LogP contribution is 2.59. The van der Waals surface area contributed by atoms with E-state index in [4.69, 9.17) is 4.74 Å². The zero-order valence-electron chi connectivity index (χ0n) is 22.3. The van der Waals surface area contributed by atoms with E-state index in [9.17, 15) is 14.0 Å². The lowest BCUT2D eigenvalue weighted by Gasteiger charge is -2.23. The van der Waals surface area contributed by atoms with Crippen molar-refractivity contribution in [3.63, 3.8) is 0 Å². The maximum atomic E-state index is 14.1. The lowest BCUT2D eigenvalue weighted by Crippen LogP contribution is -2.37. The van der Waals surface area contributed by atoms with Crippen molar-refractivity contribution in [2.45, 2.75) is 51.5 Å². The van der Waals surface area contributed by atoms with E-state index in [0.29, 0.717) is 53.7 Å². The fourth-order valence-electron chi connectivity index (χ4n) is 7.26. The molecule has 37 heavy (non-hydrogen) atoms. The quantitative estimate of drug-likeness (QED) is 0.597. The third kappa shape index (κ3) is 3.83. The molecule has 3 heterocycles. The lowest BCUT2D eigenvalue weighted by molar-refractivity contribution is 0.0938. The van der Waals surface area contributed by atoms with Crippen LogP contribution in [0.15, 0.2) is 35.3 Å². The second kappa shape index (κ2) is 8.67. The summed E-state index contributed by atoms with van der Waals surface area (Å²) in [4.78, 5) is 29.5. The van der Waals surface area contributed by atoms with Crippen molar-refractivity contribution in [3.8, 4) is 0 Å². The van der Waals surface area contributed by atoms with Gasteiger partial charge in [-0.05, 0) is 62.3 Å². The summed E-state index contributed by atoms with van der Waals surface area (Å²) >= 11 is 0. The van der Waals surface area contributed by atoms with Gasteiger partial charge in [0.05, 0.1) is 36.0 Å². The summed E-state index contributed by atoms with van der Waals surface area (Å²) in [5.41, 5.74) is 2.96. The van der Waals surface area contributed by atoms with Gasteiger partial charge in [-0.25, -0.2) is 4.39 Å². The molecule has 1 aromatic heterocycles. The molecule has 4 unspecified atom stereocenters. The highest BCUT2D eigenvalue weighted by molar-refractivity contribution is 5.99. The molecule has 7 nitrogen and oxygen atoms in total. The van der Waals surface area contributed by atoms with Crippen molar-refractivity contribution in [1.29, 1.82) is 0 Å². The van der Waals surface area contributed by atoms with Crippen LogP contribution in [0.25, 0.3) is 0 Å². The van der Waals surface area contributed by atoms with Crippen LogP contribution in [0.2, 0.25) is 0 Å². The molecular weight excluding hydrogens is 471 g/mol. The predicted octanol–water partition coefficient (Wildman–Crippen LogP) is 3.64. The Morgan fingerprint density at radius 2 is 1.92 bits per heavy atom. The van der Waals surface area contributed by atoms with Crippen LogP contribution in [0.5, 0.6) is 0 Å². The van der Waals surface area contributed by atoms with Crippen LogP contribution >= 0.6 is 0 Å². The first kappa shape index (κ1) is 24.6. The predicted molar refractivity (Wildman–Crippen MR) is 141 cm³/mol. The van der Waals surface area contributed by atoms with Crippen LogP contribution in [-0.4, -0.2) is 54.8 Å². The van der Waals surface area contributed by atoms with Crippen LogP contribution in [0.1, 0.15) is 60.0 Å². The fraction of sp³-hybridized carbons (Fsp3) is 0.586. The monoisotopic (exact) mass is 508 g/mol. The van der Waals surface area contributed by atoms with E-state index in [-0.39, 0.29) is 29.1 Å². The molecule has 8 heteroatoms. The number of fused-ring (bicyclic) bond motifs is 2. The Balaban J connectivity index is 1.32. The molecule has 4 aliphatic rings. The van der Waals surface area contributed by atoms with Gasteiger partial charge in [-0.15, -0.1) is 0 Å². The number of carbonyl (C=O) groups excluding carboxylic acids is 1. The first-order valence-electron chi connectivity index (χ1n) is 13.5. The number of aromatic nitrogens is 1. The summed E-state index contributed by atoms with van der Waals surface area (Å²) in [7, 11) is 2.13. The van der Waals surface area contributed by atoms with Gasteiger partial charge < -0.3 is 24.8 Å². The van der Waals surface area contributed by atoms with Gasteiger partial charge in [0.1, 0.15) is 6.17 Å². The molecule has 2 N–H and O–H groups in total. The minimum atomic E-state index is -1.08. The third-order valence-electron chi connectivity index (χ3n) is 9.66. The minimum absolute atomic E-state index is 0.102. The molecule has 4 fully saturated rings. The normalized spacial score (nSPS) is 33.4. The number of anilines is 1. The number of nitrogens with one attached hydrogen (secondary N) is 2. The summed E-state index contributed by atoms with van der Waals surface area (Å²) in [5, 5.41) is 6.68. The van der Waals surface area contributed by atoms with Crippen molar-refractivity contribution >= 4 is 11.6 Å². The first-order valence-corrected chi connectivity index (χ1v) is 13.5. The number of piperidine rings is 1. The van der Waals surface area contributed by atoms with Crippen LogP contribution in [0.4, 0.5) is 10.1 Å². The van der Waals surface area contributed by atoms with E-state index in [1.54, 1.807) is 22.9 Å². The topological polar surface area (TPSA) is 75.6 Å². The van der Waals surface area contributed by atoms with Crippen LogP contribution in [0.3, 0.4) is 0 Å². The molecule has 1 aromatic carbocycles. The van der Waals surface area contributed by atoms with Crippen LogP contribution in [0, 0.1) is 30.6 Å². The second-order valence-corrected chi connectivity index (χ2v) is 11.8. The Kier molecular flexibility index (Phi) is 5.77. The summed E-state index contributed by atoms with van der Waals surface area (Å²) < 4.78 is 21.6. The number of nitrogens with zero attached hydrogens (tertiary/aromatic N) is 2. The first-order chi connectivity index (χ1) is 17.6. The molecule has 2 saturated carbocycles. The van der Waals surface area contributed by atoms with E-state index in [1.807, 2.05) is 26.0 Å². The van der Waals surface area contributed by atoms with Gasteiger partial charge in [0.2, 0.25) is 0 Å². The molecule has 2 aromatic rings. The number of pyridine rings is 1. The number of rotatable bonds is 7. The number of benzene rings is 1. The van der Waals surface area contributed by atoms with E-state index < -0.39 is 6.17 Å². The summed E-state index contributed by atoms with van der Waals surface area (Å²) in [6, 6.07) is 7.11. The van der Waals surface area contributed by atoms with Gasteiger partial charge in [-0.3, -0.25) is 9.59 Å². The largest absolute Gasteiger partial charge is 0.381 e. The van der Waals surface area contributed by atoms with Crippen molar-refractivity contribution in [3.05, 3.63) is 63.1 Å². The average molecular weight is 509 g/mol. The van der Waals surface area contributed by atoms with E-state index >= 15 is 0 Å². The Morgan fingerprint density at radius 1 is 1.22 bits per heavy atom. The molecular formula is C29H37FN4O3. The van der Waals surface area contributed by atoms with Crippen molar-refractivity contribution in [1.82, 2.24) is 14.8 Å². The van der Waals surface area contributed by atoms with E-state index in [1.165, 1.54) is 6.92 Å². The smallest absolute Gasteiger partial charge is 0.255 e. The molecule has 2 aliphatic carbocycles. The van der Waals surface area contributed by atoms with Crippen molar-refractivity contribution in [2.24, 2.45) is 23.7 Å². The summed E-state index contributed by atoms with van der Waals surface area (Å²) in [5.74, 6) is 1.48. The Morgan fingerprint density at radius 3 is 2.57 bits per heavy atom. The number of hydrogen-bond donors (Lipinski definition) is 2. The average Bonchev–Trinajstić information content (AvgIpc) is 3.42. The zero-order valence-corrected chi connectivity index (χ0v) is 22.3. The maximum Gasteiger partial charge on any atom is 0.255 e. The number of hydrogen-bond acceptors (Lipinski definition) is 5. The van der Waals surface area contributed by atoms with Crippen LogP contribution < -0.4 is 16.2 Å². The Hall–Kier alpha value is -2.71. The molecule has 0 radical (unpaired) electrons. The number of halogens is 1. The number of likely N-dealkylation sites (tertiary alicyclic amines) is 1. The van der Waals surface area contributed by atoms with Crippen molar-refractivity contribution in [2.75, 3.05) is 38.7 Å². The molecule has 2 saturated heterocycles. The number of carbonyl (C=O) groups is 1. The molecule has 0 spiro atoms. The number of amides is 1. The minimum Gasteiger partial charge on any atom is -0.381 e. The van der Waals surface area contributed by atoms with Gasteiger partial charge >= 0.3 is 0 Å². The van der Waals surface area contributed by atoms with E-state index in [0.717, 1.165) is 24.2 Å². The van der Waals surface area contributed by atoms with Gasteiger partial charge in [-0.1, -0.05) is 25.1 Å². The van der Waals surface area contributed by atoms with Crippen molar-refractivity contribution < 1.29 is 13.9 Å². The highest BCUT2D eigenvalue weighted by atomic mass is 19.1. The molecule has 1 amide bonds. The number of alkyl halides is 1. The molecule has 198 valence electrons. The third-order valence-corrected chi connectivity index (χ3v) is 9.66. The van der Waals surface area contributed by atoms with Gasteiger partial charge in [0, 0.05) is 37.3 Å². The fourth-order valence-corrected chi connectivity index (χ4v) is 7.26. The van der Waals surface area contributed by atoms with E-state index in [2.05, 4.69) is 29.5 Å². The summed E-state index contributed by atoms with van der Waals surface area (Å²) in [6.45, 7) is 10.7. The standard InChI is InChI=1S/C29H37FN4O3/c1-15-19(17(3)30)7-6-8-20(15)18(4)31-28(36)23-12-34(29-14-37-13-24(29)16(29)2)26(35)9-25(23)32-27-21-10-33(5)11-22(21)27/h6-9,12,16-18,21-22,24,27,32H,10-11,13-14H2,1-5H3,(H,31,36)/t16-,17?,18-,21?,22?,24?,27?,29+/m1/s1. The van der Waals surface area contributed by atoms with Gasteiger partial charge in [-0.2, -0.15) is 0 Å². The van der Waals surface area contributed by atoms with Crippen LogP contribution in [-0.2, 0) is 10.3 Å². The maximum absolute atomic E-state index is 14.1. The second-order valence-electron chi connectivity index (χ2n) is 11.8. The van der Waals surface area contributed by atoms with Gasteiger partial charge in [0.15, 0.2) is 0 Å². The highest BCUT2D eigenvalue weighted by Gasteiger charge is 2.67. The molecule has 0 bridgehead atoms.